The van der Waals surface area contributed by atoms with Crippen LogP contribution >= 0.6 is 0 Å². The first-order valence-electron chi connectivity index (χ1n) is 17.0. The number of anilines is 1. The molecular weight excluding hydrogens is 822 g/mol. The minimum absolute atomic E-state index is 0. The number of aromatic nitrogens is 3. The van der Waals surface area contributed by atoms with Crippen LogP contribution in [0.25, 0.3) is 50.6 Å². The first kappa shape index (κ1) is 34.8. The van der Waals surface area contributed by atoms with Crippen LogP contribution in [0.15, 0.2) is 132 Å². The molecule has 0 bridgehead atoms. The summed E-state index contributed by atoms with van der Waals surface area (Å²) < 4.78 is 8.98. The standard InChI is InChI=1S/C45H36N5O.Pt/c1-30-13-12-23-47-44(30)49(5)29-48-33-25-31-14-6-7-15-35(31)36-16-8-9-18-39(36)42(27-33)51-34-20-21-38-37-17-10-11-19-40(37)50(41(38)28-34)43-26-32(22-24-46-43)45(2,3)4;/h6-26H,1-5H3;/q-3;/b31-25?,33-25+,36-35?,42-39?;. The van der Waals surface area contributed by atoms with E-state index >= 15 is 0 Å². The summed E-state index contributed by atoms with van der Waals surface area (Å²) in [5, 5.41) is 2.19. The number of nitrogens with zero attached hydrogens (tertiary/aromatic N) is 5. The van der Waals surface area contributed by atoms with E-state index in [9.17, 15) is 0 Å². The van der Waals surface area contributed by atoms with Crippen molar-refractivity contribution >= 4 is 45.8 Å². The minimum Gasteiger partial charge on any atom is -0.510 e. The van der Waals surface area contributed by atoms with Crippen LogP contribution in [0.5, 0.6) is 5.75 Å². The molecular formula is C45H36N5OPt-3. The second-order valence-corrected chi connectivity index (χ2v) is 13.7. The number of ether oxygens (including phenoxy) is 1. The van der Waals surface area contributed by atoms with Gasteiger partial charge in [0.2, 0.25) is 0 Å². The summed E-state index contributed by atoms with van der Waals surface area (Å²) in [5.74, 6) is 2.70. The van der Waals surface area contributed by atoms with Gasteiger partial charge in [-0.15, -0.1) is 29.3 Å². The molecule has 52 heavy (non-hydrogen) atoms. The fourth-order valence-corrected chi connectivity index (χ4v) is 6.59. The number of hydrogen-bond acceptors (Lipinski definition) is 4. The molecule has 0 spiro atoms. The molecule has 4 aromatic carbocycles. The van der Waals surface area contributed by atoms with E-state index in [4.69, 9.17) is 14.7 Å². The third-order valence-electron chi connectivity index (χ3n) is 9.19. The average molecular weight is 858 g/mol. The molecule has 0 N–H and O–H groups in total. The van der Waals surface area contributed by atoms with Crippen molar-refractivity contribution < 1.29 is 25.8 Å². The van der Waals surface area contributed by atoms with Gasteiger partial charge in [0.25, 0.3) is 0 Å². The third kappa shape index (κ3) is 6.63. The van der Waals surface area contributed by atoms with Gasteiger partial charge in [0.15, 0.2) is 0 Å². The Morgan fingerprint density at radius 1 is 0.788 bits per heavy atom. The molecule has 3 aromatic heterocycles. The Labute approximate surface area is 319 Å². The molecule has 0 fully saturated rings. The number of aryl methyl sites for hydroxylation is 1. The molecule has 0 unspecified atom stereocenters. The summed E-state index contributed by atoms with van der Waals surface area (Å²) in [4.78, 5) is 15.9. The maximum atomic E-state index is 6.81. The number of pyridine rings is 2. The van der Waals surface area contributed by atoms with Gasteiger partial charge in [0.1, 0.15) is 5.82 Å². The Kier molecular flexibility index (Phi) is 9.52. The van der Waals surface area contributed by atoms with Crippen LogP contribution in [-0.4, -0.2) is 27.9 Å². The van der Waals surface area contributed by atoms with Crippen LogP contribution < -0.4 is 9.64 Å². The molecule has 6 nitrogen and oxygen atoms in total. The van der Waals surface area contributed by atoms with Crippen molar-refractivity contribution in [3.63, 3.8) is 0 Å². The maximum absolute atomic E-state index is 6.81. The van der Waals surface area contributed by atoms with Gasteiger partial charge >= 0.3 is 0 Å². The molecule has 7 heteroatoms. The summed E-state index contributed by atoms with van der Waals surface area (Å²) in [7, 11) is 1.89. The number of benzene rings is 4. The Morgan fingerprint density at radius 2 is 1.54 bits per heavy atom. The van der Waals surface area contributed by atoms with Gasteiger partial charge in [0.05, 0.1) is 0 Å². The van der Waals surface area contributed by atoms with Crippen molar-refractivity contribution in [3.8, 4) is 22.7 Å². The fourth-order valence-electron chi connectivity index (χ4n) is 6.59. The van der Waals surface area contributed by atoms with Crippen LogP contribution in [0, 0.1) is 19.1 Å². The molecule has 1 aliphatic rings. The molecule has 7 aromatic rings. The fraction of sp³-hybridized carbons (Fsp3) is 0.133. The number of allylic oxidation sites excluding steroid dienone is 1. The van der Waals surface area contributed by atoms with Gasteiger partial charge in [-0.3, -0.25) is 0 Å². The molecule has 0 saturated heterocycles. The smallest absolute Gasteiger partial charge is 0.135 e. The summed E-state index contributed by atoms with van der Waals surface area (Å²) in [6.07, 6.45) is 12.3. The number of rotatable bonds is 6. The topological polar surface area (TPSA) is 55.5 Å². The van der Waals surface area contributed by atoms with Gasteiger partial charge < -0.3 is 24.2 Å². The largest absolute Gasteiger partial charge is 0.510 e. The number of para-hydroxylation sites is 1. The second kappa shape index (κ2) is 14.2. The van der Waals surface area contributed by atoms with Crippen molar-refractivity contribution in [2.24, 2.45) is 4.99 Å². The van der Waals surface area contributed by atoms with Gasteiger partial charge in [-0.25, -0.2) is 4.98 Å². The molecule has 0 amide bonds. The minimum atomic E-state index is -0.0304. The zero-order chi connectivity index (χ0) is 35.1. The predicted octanol–water partition coefficient (Wildman–Crippen LogP) is 10.3. The zero-order valence-electron chi connectivity index (χ0n) is 29.6. The maximum Gasteiger partial charge on any atom is 0.135 e. The number of aliphatic imine (C=N–C) groups is 1. The predicted molar refractivity (Wildman–Crippen MR) is 208 cm³/mol. The Bertz CT molecular complexity index is 2540. The monoisotopic (exact) mass is 857 g/mol. The third-order valence-corrected chi connectivity index (χ3v) is 9.19. The van der Waals surface area contributed by atoms with E-state index < -0.39 is 0 Å². The van der Waals surface area contributed by atoms with Crippen LogP contribution in [0.3, 0.4) is 0 Å². The van der Waals surface area contributed by atoms with Crippen molar-refractivity contribution in [3.05, 3.63) is 162 Å². The summed E-state index contributed by atoms with van der Waals surface area (Å²) in [6, 6.07) is 40.8. The Hall–Kier alpha value is -5.58. The Morgan fingerprint density at radius 3 is 2.35 bits per heavy atom. The van der Waals surface area contributed by atoms with E-state index in [0.717, 1.165) is 61.3 Å². The van der Waals surface area contributed by atoms with E-state index in [0.29, 0.717) is 17.2 Å². The second-order valence-electron chi connectivity index (χ2n) is 13.7. The quantitative estimate of drug-likeness (QED) is 0.0724. The van der Waals surface area contributed by atoms with Crippen molar-refractivity contribution in [1.29, 1.82) is 0 Å². The Balaban J connectivity index is 0.00000420. The van der Waals surface area contributed by atoms with E-state index in [1.165, 1.54) is 5.56 Å². The molecule has 3 heterocycles. The van der Waals surface area contributed by atoms with Crippen LogP contribution in [0.4, 0.5) is 5.82 Å². The van der Waals surface area contributed by atoms with E-state index in [2.05, 4.69) is 122 Å². The van der Waals surface area contributed by atoms with Crippen molar-refractivity contribution in [2.45, 2.75) is 33.1 Å². The van der Waals surface area contributed by atoms with Crippen molar-refractivity contribution in [2.75, 3.05) is 11.9 Å². The summed E-state index contributed by atoms with van der Waals surface area (Å²) in [6.45, 7) is 8.67. The van der Waals surface area contributed by atoms with Crippen LogP contribution in [0.2, 0.25) is 0 Å². The van der Waals surface area contributed by atoms with Gasteiger partial charge in [-0.1, -0.05) is 115 Å². The number of hydrogen-bond donors (Lipinski definition) is 0. The van der Waals surface area contributed by atoms with E-state index in [-0.39, 0.29) is 26.5 Å². The molecule has 1 aliphatic carbocycles. The summed E-state index contributed by atoms with van der Waals surface area (Å²) >= 11 is 0. The van der Waals surface area contributed by atoms with Crippen molar-refractivity contribution in [1.82, 2.24) is 14.5 Å². The molecule has 0 radical (unpaired) electrons. The number of fused-ring (bicyclic) bond motifs is 6. The normalized spacial score (nSPS) is 13.7. The van der Waals surface area contributed by atoms with Crippen LogP contribution in [0.1, 0.15) is 43.0 Å². The molecule has 0 atom stereocenters. The van der Waals surface area contributed by atoms with E-state index in [1.54, 1.807) is 11.1 Å². The zero-order valence-corrected chi connectivity index (χ0v) is 31.9. The van der Waals surface area contributed by atoms with Gasteiger partial charge in [0, 0.05) is 62.6 Å². The average Bonchev–Trinajstić information content (AvgIpc) is 3.46. The van der Waals surface area contributed by atoms with E-state index in [1.807, 2.05) is 62.6 Å². The molecule has 8 rings (SSSR count). The molecule has 0 aliphatic heterocycles. The first-order valence-corrected chi connectivity index (χ1v) is 17.0. The molecule has 260 valence electrons. The SMILES string of the molecule is Cc1cccnc1N(C)[C-]=N/C1=C/c2ccccc2-c2ccccc2C(Oc2[c-]c3c(cc2)c2ccccc2n3-c2cc(C(C)(C)C)ccn2)=[C-]1.[Pt]. The summed E-state index contributed by atoms with van der Waals surface area (Å²) in [5.41, 5.74) is 8.73. The van der Waals surface area contributed by atoms with Gasteiger partial charge in [-0.2, -0.15) is 18.2 Å². The van der Waals surface area contributed by atoms with Gasteiger partial charge in [-0.05, 0) is 60.2 Å². The van der Waals surface area contributed by atoms with Crippen LogP contribution in [-0.2, 0) is 26.5 Å². The molecule has 0 saturated carbocycles. The first-order chi connectivity index (χ1) is 24.7.